The Morgan fingerprint density at radius 1 is 0.750 bits per heavy atom. The molecule has 0 saturated heterocycles. The van der Waals surface area contributed by atoms with Crippen LogP contribution in [0.2, 0.25) is 0 Å². The van der Waals surface area contributed by atoms with Gasteiger partial charge in [0, 0.05) is 9.75 Å². The van der Waals surface area contributed by atoms with E-state index >= 15 is 0 Å². The van der Waals surface area contributed by atoms with E-state index in [0.717, 1.165) is 11.8 Å². The maximum absolute atomic E-state index is 2.42. The van der Waals surface area contributed by atoms with Gasteiger partial charge in [-0.15, -0.1) is 22.7 Å². The van der Waals surface area contributed by atoms with Gasteiger partial charge in [-0.25, -0.2) is 0 Å². The Morgan fingerprint density at radius 3 is 1.55 bits per heavy atom. The molecule has 1 aliphatic rings. The highest BCUT2D eigenvalue weighted by Gasteiger charge is 2.17. The number of thiophene rings is 2. The minimum absolute atomic E-state index is 0.781. The standard InChI is InChI=1S/C18H20S2/c1-3-17(19-13-1)11-9-15-5-7-16(8-6-15)10-12-18-4-2-14-20-18/h1-4,9-16H,5-8H2/b11-9+,12-10+. The molecule has 0 aromatic carbocycles. The Hall–Kier alpha value is -1.12. The zero-order chi connectivity index (χ0) is 13.6. The first-order chi connectivity index (χ1) is 9.90. The van der Waals surface area contributed by atoms with E-state index in [1.54, 1.807) is 0 Å². The van der Waals surface area contributed by atoms with Crippen molar-refractivity contribution in [1.82, 2.24) is 0 Å². The molecule has 0 bridgehead atoms. The first-order valence-corrected chi connectivity index (χ1v) is 9.09. The lowest BCUT2D eigenvalue weighted by molar-refractivity contribution is 0.358. The Bertz CT molecular complexity index is 486. The minimum atomic E-state index is 0.781. The third kappa shape index (κ3) is 3.94. The fraction of sp³-hybridized carbons (Fsp3) is 0.333. The van der Waals surface area contributed by atoms with Crippen molar-refractivity contribution in [3.63, 3.8) is 0 Å². The zero-order valence-electron chi connectivity index (χ0n) is 11.6. The molecule has 0 unspecified atom stereocenters. The van der Waals surface area contributed by atoms with Crippen molar-refractivity contribution in [2.45, 2.75) is 25.7 Å². The SMILES string of the molecule is C(=C\C1CCC(/C=C/c2cccs2)CC1)/c1cccs1. The summed E-state index contributed by atoms with van der Waals surface area (Å²) in [7, 11) is 0. The molecule has 0 radical (unpaired) electrons. The molecule has 1 fully saturated rings. The highest BCUT2D eigenvalue weighted by atomic mass is 32.1. The lowest BCUT2D eigenvalue weighted by atomic mass is 9.81. The molecule has 2 heteroatoms. The minimum Gasteiger partial charge on any atom is -0.144 e. The molecule has 2 aromatic rings. The monoisotopic (exact) mass is 300 g/mol. The van der Waals surface area contributed by atoms with Crippen molar-refractivity contribution >= 4 is 34.8 Å². The van der Waals surface area contributed by atoms with Crippen LogP contribution in [0.4, 0.5) is 0 Å². The fourth-order valence-corrected chi connectivity index (χ4v) is 4.02. The first kappa shape index (κ1) is 13.8. The molecular formula is C18H20S2. The van der Waals surface area contributed by atoms with Crippen molar-refractivity contribution in [2.75, 3.05) is 0 Å². The van der Waals surface area contributed by atoms with Crippen LogP contribution < -0.4 is 0 Å². The zero-order valence-corrected chi connectivity index (χ0v) is 13.2. The van der Waals surface area contributed by atoms with Crippen LogP contribution in [-0.2, 0) is 0 Å². The first-order valence-electron chi connectivity index (χ1n) is 7.33. The molecule has 0 atom stereocenters. The topological polar surface area (TPSA) is 0 Å². The van der Waals surface area contributed by atoms with Crippen molar-refractivity contribution in [3.05, 3.63) is 56.9 Å². The second-order valence-corrected chi connectivity index (χ2v) is 7.38. The van der Waals surface area contributed by atoms with Crippen LogP contribution in [0.3, 0.4) is 0 Å². The molecule has 2 aromatic heterocycles. The van der Waals surface area contributed by atoms with E-state index in [2.05, 4.69) is 59.3 Å². The van der Waals surface area contributed by atoms with E-state index < -0.39 is 0 Å². The smallest absolute Gasteiger partial charge is 0.0267 e. The summed E-state index contributed by atoms with van der Waals surface area (Å²) >= 11 is 3.64. The second kappa shape index (κ2) is 7.05. The van der Waals surface area contributed by atoms with Crippen molar-refractivity contribution in [3.8, 4) is 0 Å². The van der Waals surface area contributed by atoms with Gasteiger partial charge in [0.05, 0.1) is 0 Å². The van der Waals surface area contributed by atoms with Crippen LogP contribution >= 0.6 is 22.7 Å². The van der Waals surface area contributed by atoms with Crippen LogP contribution in [0.5, 0.6) is 0 Å². The molecule has 0 aliphatic heterocycles. The van der Waals surface area contributed by atoms with Crippen molar-refractivity contribution in [1.29, 1.82) is 0 Å². The Kier molecular flexibility index (Phi) is 4.88. The summed E-state index contributed by atoms with van der Waals surface area (Å²) < 4.78 is 0. The summed E-state index contributed by atoms with van der Waals surface area (Å²) in [6, 6.07) is 8.63. The summed E-state index contributed by atoms with van der Waals surface area (Å²) in [5.41, 5.74) is 0. The summed E-state index contributed by atoms with van der Waals surface area (Å²) in [5.74, 6) is 1.56. The van der Waals surface area contributed by atoms with E-state index in [-0.39, 0.29) is 0 Å². The van der Waals surface area contributed by atoms with Crippen molar-refractivity contribution in [2.24, 2.45) is 11.8 Å². The summed E-state index contributed by atoms with van der Waals surface area (Å²) in [5, 5.41) is 4.29. The van der Waals surface area contributed by atoms with Crippen LogP contribution in [0, 0.1) is 11.8 Å². The van der Waals surface area contributed by atoms with Crippen LogP contribution in [0.15, 0.2) is 47.2 Å². The van der Waals surface area contributed by atoms with Gasteiger partial charge in [0.15, 0.2) is 0 Å². The molecule has 0 spiro atoms. The maximum atomic E-state index is 2.42. The number of hydrogen-bond donors (Lipinski definition) is 0. The quantitative estimate of drug-likeness (QED) is 0.617. The van der Waals surface area contributed by atoms with Crippen molar-refractivity contribution < 1.29 is 0 Å². The van der Waals surface area contributed by atoms with Gasteiger partial charge in [-0.3, -0.25) is 0 Å². The highest BCUT2D eigenvalue weighted by molar-refractivity contribution is 7.11. The third-order valence-corrected chi connectivity index (χ3v) is 5.64. The van der Waals surface area contributed by atoms with Gasteiger partial charge in [-0.2, -0.15) is 0 Å². The molecule has 104 valence electrons. The van der Waals surface area contributed by atoms with Crippen LogP contribution in [0.25, 0.3) is 12.2 Å². The predicted octanol–water partition coefficient (Wildman–Crippen LogP) is 6.34. The van der Waals surface area contributed by atoms with Gasteiger partial charge in [0.2, 0.25) is 0 Å². The van der Waals surface area contributed by atoms with E-state index in [0.29, 0.717) is 0 Å². The summed E-state index contributed by atoms with van der Waals surface area (Å²) in [4.78, 5) is 2.76. The van der Waals surface area contributed by atoms with E-state index in [1.165, 1.54) is 35.4 Å². The van der Waals surface area contributed by atoms with Gasteiger partial charge in [0.25, 0.3) is 0 Å². The van der Waals surface area contributed by atoms with Gasteiger partial charge < -0.3 is 0 Å². The fourth-order valence-electron chi connectivity index (χ4n) is 2.76. The number of rotatable bonds is 4. The van der Waals surface area contributed by atoms with E-state index in [1.807, 2.05) is 22.7 Å². The van der Waals surface area contributed by atoms with Crippen LogP contribution in [-0.4, -0.2) is 0 Å². The Labute approximate surface area is 129 Å². The highest BCUT2D eigenvalue weighted by Crippen LogP contribution is 2.31. The summed E-state index contributed by atoms with van der Waals surface area (Å²) in [6.07, 6.45) is 14.8. The molecule has 3 rings (SSSR count). The largest absolute Gasteiger partial charge is 0.144 e. The molecule has 0 nitrogen and oxygen atoms in total. The third-order valence-electron chi connectivity index (χ3n) is 3.97. The lowest BCUT2D eigenvalue weighted by Gasteiger charge is -2.24. The number of hydrogen-bond acceptors (Lipinski definition) is 2. The normalized spacial score (nSPS) is 23.8. The predicted molar refractivity (Wildman–Crippen MR) is 92.2 cm³/mol. The average molecular weight is 300 g/mol. The Morgan fingerprint density at radius 2 is 1.20 bits per heavy atom. The van der Waals surface area contributed by atoms with Gasteiger partial charge in [-0.1, -0.05) is 24.3 Å². The average Bonchev–Trinajstić information content (AvgIpc) is 3.17. The Balaban J connectivity index is 1.47. The summed E-state index contributed by atoms with van der Waals surface area (Å²) in [6.45, 7) is 0. The second-order valence-electron chi connectivity index (χ2n) is 5.42. The number of allylic oxidation sites excluding steroid dienone is 2. The molecule has 1 saturated carbocycles. The molecule has 2 heterocycles. The molecule has 0 amide bonds. The molecule has 1 aliphatic carbocycles. The van der Waals surface area contributed by atoms with Gasteiger partial charge >= 0.3 is 0 Å². The molecule has 20 heavy (non-hydrogen) atoms. The maximum Gasteiger partial charge on any atom is 0.0267 e. The molecule has 0 N–H and O–H groups in total. The molecular weight excluding hydrogens is 280 g/mol. The van der Waals surface area contributed by atoms with Gasteiger partial charge in [-0.05, 0) is 72.6 Å². The van der Waals surface area contributed by atoms with Crippen LogP contribution in [0.1, 0.15) is 35.4 Å². The van der Waals surface area contributed by atoms with E-state index in [4.69, 9.17) is 0 Å². The lowest BCUT2D eigenvalue weighted by Crippen LogP contribution is -2.10. The van der Waals surface area contributed by atoms with E-state index in [9.17, 15) is 0 Å². The van der Waals surface area contributed by atoms with Gasteiger partial charge in [0.1, 0.15) is 0 Å².